The van der Waals surface area contributed by atoms with Crippen LogP contribution in [-0.4, -0.2) is 20.9 Å². The number of nitrogens with one attached hydrogen (secondary N) is 1. The third kappa shape index (κ3) is 4.83. The predicted molar refractivity (Wildman–Crippen MR) is 120 cm³/mol. The number of carbonyl (C=O) groups is 1. The fourth-order valence-electron chi connectivity index (χ4n) is 3.05. The summed E-state index contributed by atoms with van der Waals surface area (Å²) >= 11 is 6.14. The number of anilines is 1. The van der Waals surface area contributed by atoms with Crippen LogP contribution in [0.4, 0.5) is 5.69 Å². The number of halogens is 1. The molecule has 30 heavy (non-hydrogen) atoms. The van der Waals surface area contributed by atoms with E-state index in [-0.39, 0.29) is 18.0 Å². The van der Waals surface area contributed by atoms with Crippen LogP contribution in [0.5, 0.6) is 0 Å². The van der Waals surface area contributed by atoms with Gasteiger partial charge in [-0.2, -0.15) is 0 Å². The van der Waals surface area contributed by atoms with Gasteiger partial charge in [0.15, 0.2) is 0 Å². The van der Waals surface area contributed by atoms with E-state index < -0.39 is 15.9 Å². The molecule has 0 aliphatic carbocycles. The molecule has 0 fully saturated rings. The molecule has 1 N–H and O–H groups in total. The zero-order valence-electron chi connectivity index (χ0n) is 16.8. The number of hydrogen-bond acceptors (Lipinski definition) is 3. The van der Waals surface area contributed by atoms with E-state index >= 15 is 0 Å². The number of amides is 1. The van der Waals surface area contributed by atoms with E-state index in [0.29, 0.717) is 10.7 Å². The van der Waals surface area contributed by atoms with Gasteiger partial charge in [-0.3, -0.25) is 9.10 Å². The number of aryl methyl sites for hydroxylation is 1. The van der Waals surface area contributed by atoms with Gasteiger partial charge in [0.2, 0.25) is 5.91 Å². The van der Waals surface area contributed by atoms with Gasteiger partial charge in [-0.15, -0.1) is 0 Å². The maximum Gasteiger partial charge on any atom is 0.264 e. The van der Waals surface area contributed by atoms with Crippen molar-refractivity contribution in [1.82, 2.24) is 5.32 Å². The van der Waals surface area contributed by atoms with Crippen LogP contribution in [0.25, 0.3) is 0 Å². The number of carbonyl (C=O) groups excluding carboxylic acids is 1. The Morgan fingerprint density at radius 3 is 2.30 bits per heavy atom. The second-order valence-electron chi connectivity index (χ2n) is 6.91. The van der Waals surface area contributed by atoms with Crippen molar-refractivity contribution in [2.75, 3.05) is 10.8 Å². The molecule has 7 heteroatoms. The van der Waals surface area contributed by atoms with Crippen LogP contribution in [0, 0.1) is 13.8 Å². The molecule has 0 bridgehead atoms. The van der Waals surface area contributed by atoms with Gasteiger partial charge in [-0.25, -0.2) is 8.42 Å². The van der Waals surface area contributed by atoms with Crippen molar-refractivity contribution in [2.24, 2.45) is 0 Å². The Kier molecular flexibility index (Phi) is 6.80. The van der Waals surface area contributed by atoms with Crippen LogP contribution in [0.2, 0.25) is 5.02 Å². The molecule has 0 radical (unpaired) electrons. The lowest BCUT2D eigenvalue weighted by molar-refractivity contribution is -0.119. The summed E-state index contributed by atoms with van der Waals surface area (Å²) < 4.78 is 27.9. The Hall–Kier alpha value is -2.83. The predicted octanol–water partition coefficient (Wildman–Crippen LogP) is 4.47. The molecule has 1 amide bonds. The Morgan fingerprint density at radius 1 is 0.933 bits per heavy atom. The standard InChI is InChI=1S/C23H23ClN2O3S/c1-17-9-8-14-22(18(17)2)26(30(28,29)20-11-4-3-5-12-20)16-23(27)25-15-19-10-6-7-13-21(19)24/h3-14H,15-16H2,1-2H3,(H,25,27). The molecule has 3 rings (SSSR count). The monoisotopic (exact) mass is 442 g/mol. The number of sulfonamides is 1. The summed E-state index contributed by atoms with van der Waals surface area (Å²) in [6.07, 6.45) is 0. The number of benzene rings is 3. The summed E-state index contributed by atoms with van der Waals surface area (Å²) in [4.78, 5) is 12.9. The first-order chi connectivity index (χ1) is 14.3. The lowest BCUT2D eigenvalue weighted by Crippen LogP contribution is -2.41. The smallest absolute Gasteiger partial charge is 0.264 e. The van der Waals surface area contributed by atoms with Gasteiger partial charge >= 0.3 is 0 Å². The SMILES string of the molecule is Cc1cccc(N(CC(=O)NCc2ccccc2Cl)S(=O)(=O)c2ccccc2)c1C. The molecule has 3 aromatic rings. The Labute approximate surface area is 182 Å². The Morgan fingerprint density at radius 2 is 1.60 bits per heavy atom. The fourth-order valence-corrected chi connectivity index (χ4v) is 4.75. The van der Waals surface area contributed by atoms with Crippen molar-refractivity contribution in [1.29, 1.82) is 0 Å². The third-order valence-corrected chi connectivity index (χ3v) is 7.04. The van der Waals surface area contributed by atoms with Gasteiger partial charge in [-0.1, -0.05) is 60.1 Å². The summed E-state index contributed by atoms with van der Waals surface area (Å²) in [7, 11) is -3.93. The molecule has 0 aliphatic heterocycles. The van der Waals surface area contributed by atoms with Crippen LogP contribution in [0.15, 0.2) is 77.7 Å². The molecular formula is C23H23ClN2O3S. The van der Waals surface area contributed by atoms with E-state index in [9.17, 15) is 13.2 Å². The van der Waals surface area contributed by atoms with Crippen LogP contribution in [-0.2, 0) is 21.4 Å². The van der Waals surface area contributed by atoms with E-state index in [4.69, 9.17) is 11.6 Å². The van der Waals surface area contributed by atoms with Crippen molar-refractivity contribution in [2.45, 2.75) is 25.3 Å². The van der Waals surface area contributed by atoms with E-state index in [1.165, 1.54) is 12.1 Å². The minimum absolute atomic E-state index is 0.129. The molecule has 3 aromatic carbocycles. The summed E-state index contributed by atoms with van der Waals surface area (Å²) in [5.74, 6) is -0.421. The normalized spacial score (nSPS) is 11.2. The van der Waals surface area contributed by atoms with Gasteiger partial charge < -0.3 is 5.32 Å². The van der Waals surface area contributed by atoms with Crippen molar-refractivity contribution < 1.29 is 13.2 Å². The average Bonchev–Trinajstić information content (AvgIpc) is 2.74. The zero-order valence-corrected chi connectivity index (χ0v) is 18.4. The molecule has 0 saturated carbocycles. The number of hydrogen-bond donors (Lipinski definition) is 1. The first-order valence-corrected chi connectivity index (χ1v) is 11.3. The zero-order chi connectivity index (χ0) is 21.7. The van der Waals surface area contributed by atoms with Crippen LogP contribution in [0.3, 0.4) is 0 Å². The van der Waals surface area contributed by atoms with Gasteiger partial charge in [0, 0.05) is 11.6 Å². The molecule has 0 atom stereocenters. The van der Waals surface area contributed by atoms with Gasteiger partial charge in [0.1, 0.15) is 6.54 Å². The van der Waals surface area contributed by atoms with Gasteiger partial charge in [-0.05, 0) is 54.8 Å². The molecule has 5 nitrogen and oxygen atoms in total. The van der Waals surface area contributed by atoms with Crippen molar-refractivity contribution in [3.8, 4) is 0 Å². The maximum absolute atomic E-state index is 13.4. The molecule has 0 saturated heterocycles. The second-order valence-corrected chi connectivity index (χ2v) is 9.18. The van der Waals surface area contributed by atoms with Crippen LogP contribution in [0.1, 0.15) is 16.7 Å². The molecule has 0 aliphatic rings. The molecule has 0 unspecified atom stereocenters. The molecule has 0 heterocycles. The summed E-state index contributed by atoms with van der Waals surface area (Å²) in [6, 6.07) is 20.7. The van der Waals surface area contributed by atoms with Crippen LogP contribution < -0.4 is 9.62 Å². The van der Waals surface area contributed by atoms with Crippen molar-refractivity contribution in [3.63, 3.8) is 0 Å². The lowest BCUT2D eigenvalue weighted by atomic mass is 10.1. The highest BCUT2D eigenvalue weighted by atomic mass is 35.5. The van der Waals surface area contributed by atoms with Crippen molar-refractivity contribution >= 4 is 33.2 Å². The van der Waals surface area contributed by atoms with E-state index in [2.05, 4.69) is 5.32 Å². The lowest BCUT2D eigenvalue weighted by Gasteiger charge is -2.26. The van der Waals surface area contributed by atoms with Gasteiger partial charge in [0.25, 0.3) is 10.0 Å². The first-order valence-electron chi connectivity index (χ1n) is 9.45. The third-order valence-electron chi connectivity index (χ3n) is 4.90. The van der Waals surface area contributed by atoms with E-state index in [1.54, 1.807) is 36.4 Å². The quantitative estimate of drug-likeness (QED) is 0.587. The maximum atomic E-state index is 13.4. The minimum Gasteiger partial charge on any atom is -0.350 e. The number of nitrogens with zero attached hydrogens (tertiary/aromatic N) is 1. The van der Waals surface area contributed by atoms with E-state index in [1.807, 2.05) is 38.1 Å². The number of rotatable bonds is 7. The average molecular weight is 443 g/mol. The highest BCUT2D eigenvalue weighted by Gasteiger charge is 2.28. The molecule has 156 valence electrons. The fraction of sp³-hybridized carbons (Fsp3) is 0.174. The Balaban J connectivity index is 1.91. The minimum atomic E-state index is -3.93. The van der Waals surface area contributed by atoms with E-state index in [0.717, 1.165) is 21.0 Å². The first kappa shape index (κ1) is 21.9. The topological polar surface area (TPSA) is 66.5 Å². The molecule has 0 aromatic heterocycles. The Bertz CT molecular complexity index is 1150. The molecular weight excluding hydrogens is 420 g/mol. The summed E-state index contributed by atoms with van der Waals surface area (Å²) in [6.45, 7) is 3.62. The highest BCUT2D eigenvalue weighted by Crippen LogP contribution is 2.28. The van der Waals surface area contributed by atoms with Gasteiger partial charge in [0.05, 0.1) is 10.6 Å². The highest BCUT2D eigenvalue weighted by molar-refractivity contribution is 7.92. The summed E-state index contributed by atoms with van der Waals surface area (Å²) in [5, 5.41) is 3.31. The largest absolute Gasteiger partial charge is 0.350 e. The second kappa shape index (κ2) is 9.32. The van der Waals surface area contributed by atoms with Crippen LogP contribution >= 0.6 is 11.6 Å². The molecule has 0 spiro atoms. The van der Waals surface area contributed by atoms with Crippen molar-refractivity contribution in [3.05, 3.63) is 94.5 Å². The summed E-state index contributed by atoms with van der Waals surface area (Å²) in [5.41, 5.74) is 2.98.